The first-order chi connectivity index (χ1) is 7.66. The summed E-state index contributed by atoms with van der Waals surface area (Å²) in [5, 5.41) is 15.4. The molecule has 96 valence electrons. The van der Waals surface area contributed by atoms with Gasteiger partial charge in [-0.15, -0.1) is 12.4 Å². The molecule has 2 atom stereocenters. The summed E-state index contributed by atoms with van der Waals surface area (Å²) >= 11 is 3.13. The van der Waals surface area contributed by atoms with E-state index < -0.39 is 0 Å². The van der Waals surface area contributed by atoms with Gasteiger partial charge in [-0.2, -0.15) is 0 Å². The summed E-state index contributed by atoms with van der Waals surface area (Å²) < 4.78 is 5.50. The van der Waals surface area contributed by atoms with Gasteiger partial charge in [0, 0.05) is 31.6 Å². The smallest absolute Gasteiger partial charge is 0.254 e. The predicted molar refractivity (Wildman–Crippen MR) is 68.4 cm³/mol. The highest BCUT2D eigenvalue weighted by Gasteiger charge is 2.25. The van der Waals surface area contributed by atoms with Crippen molar-refractivity contribution < 1.29 is 14.3 Å². The number of hydrogen-bond acceptors (Lipinski definition) is 4. The highest BCUT2D eigenvalue weighted by atomic mass is 79.9. The topological polar surface area (TPSA) is 74.5 Å². The van der Waals surface area contributed by atoms with Crippen LogP contribution in [0.2, 0.25) is 0 Å². The van der Waals surface area contributed by atoms with Gasteiger partial charge in [0.05, 0.1) is 11.7 Å². The van der Waals surface area contributed by atoms with Gasteiger partial charge in [0.15, 0.2) is 4.67 Å². The maximum atomic E-state index is 11.6. The number of hydrogen-bond donors (Lipinski definition) is 3. The Morgan fingerprint density at radius 1 is 1.65 bits per heavy atom. The Morgan fingerprint density at radius 2 is 2.41 bits per heavy atom. The second kappa shape index (κ2) is 6.39. The minimum atomic E-state index is -0.378. The lowest BCUT2D eigenvalue weighted by Gasteiger charge is -2.13. The zero-order valence-corrected chi connectivity index (χ0v) is 11.4. The molecule has 2 unspecified atom stereocenters. The minimum absolute atomic E-state index is 0. The molecule has 17 heavy (non-hydrogen) atoms. The number of furan rings is 1. The summed E-state index contributed by atoms with van der Waals surface area (Å²) in [5.74, 6) is -0.104. The molecule has 0 saturated carbocycles. The van der Waals surface area contributed by atoms with Gasteiger partial charge in [-0.25, -0.2) is 0 Å². The van der Waals surface area contributed by atoms with Gasteiger partial charge in [0.1, 0.15) is 6.26 Å². The van der Waals surface area contributed by atoms with Crippen molar-refractivity contribution in [3.05, 3.63) is 22.6 Å². The van der Waals surface area contributed by atoms with Gasteiger partial charge in [-0.05, 0) is 15.9 Å². The van der Waals surface area contributed by atoms with Crippen LogP contribution >= 0.6 is 28.3 Å². The van der Waals surface area contributed by atoms with Crippen molar-refractivity contribution in [2.75, 3.05) is 19.6 Å². The van der Waals surface area contributed by atoms with Crippen LogP contribution in [0.5, 0.6) is 0 Å². The molecule has 1 fully saturated rings. The molecular formula is C10H14BrClN2O3. The number of halogens is 2. The van der Waals surface area contributed by atoms with E-state index in [1.54, 1.807) is 6.07 Å². The lowest BCUT2D eigenvalue weighted by atomic mass is 10.1. The average molecular weight is 326 g/mol. The molecule has 0 bridgehead atoms. The SMILES string of the molecule is Cl.O=C(NCC1CNCC1O)c1coc(Br)c1. The maximum absolute atomic E-state index is 11.6. The molecule has 0 aliphatic carbocycles. The molecule has 3 N–H and O–H groups in total. The van der Waals surface area contributed by atoms with Crippen LogP contribution in [0.4, 0.5) is 0 Å². The fourth-order valence-electron chi connectivity index (χ4n) is 1.68. The van der Waals surface area contributed by atoms with E-state index in [0.717, 1.165) is 6.54 Å². The first-order valence-electron chi connectivity index (χ1n) is 5.08. The van der Waals surface area contributed by atoms with Crippen LogP contribution in [0.3, 0.4) is 0 Å². The van der Waals surface area contributed by atoms with Crippen molar-refractivity contribution in [1.82, 2.24) is 10.6 Å². The number of β-amino-alcohol motifs (C(OH)–C–C–N with tert-alkyl or cyclic N) is 1. The Balaban J connectivity index is 0.00000144. The zero-order chi connectivity index (χ0) is 11.5. The highest BCUT2D eigenvalue weighted by molar-refractivity contribution is 9.10. The zero-order valence-electron chi connectivity index (χ0n) is 8.98. The molecular weight excluding hydrogens is 311 g/mol. The number of aliphatic hydroxyl groups excluding tert-OH is 1. The fourth-order valence-corrected chi connectivity index (χ4v) is 2.02. The van der Waals surface area contributed by atoms with Gasteiger partial charge in [0.2, 0.25) is 0 Å². The van der Waals surface area contributed by atoms with Gasteiger partial charge in [-0.3, -0.25) is 4.79 Å². The van der Waals surface area contributed by atoms with E-state index in [-0.39, 0.29) is 30.3 Å². The van der Waals surface area contributed by atoms with E-state index in [1.165, 1.54) is 6.26 Å². The molecule has 1 aliphatic heterocycles. The Morgan fingerprint density at radius 3 is 2.94 bits per heavy atom. The number of amides is 1. The molecule has 1 aromatic rings. The highest BCUT2D eigenvalue weighted by Crippen LogP contribution is 2.14. The Labute approximate surface area is 113 Å². The van der Waals surface area contributed by atoms with Crippen molar-refractivity contribution in [1.29, 1.82) is 0 Å². The van der Waals surface area contributed by atoms with Gasteiger partial charge in [-0.1, -0.05) is 0 Å². The van der Waals surface area contributed by atoms with Crippen LogP contribution < -0.4 is 10.6 Å². The molecule has 0 aromatic carbocycles. The molecule has 1 aliphatic rings. The molecule has 5 nitrogen and oxygen atoms in total. The molecule has 2 rings (SSSR count). The Kier molecular flexibility index (Phi) is 5.45. The predicted octanol–water partition coefficient (Wildman–Crippen LogP) is 0.774. The van der Waals surface area contributed by atoms with Crippen LogP contribution in [0, 0.1) is 5.92 Å². The van der Waals surface area contributed by atoms with E-state index >= 15 is 0 Å². The second-order valence-electron chi connectivity index (χ2n) is 3.84. The van der Waals surface area contributed by atoms with Gasteiger partial charge < -0.3 is 20.2 Å². The number of nitrogens with one attached hydrogen (secondary N) is 2. The van der Waals surface area contributed by atoms with E-state index in [0.29, 0.717) is 23.3 Å². The van der Waals surface area contributed by atoms with Crippen LogP contribution in [0.25, 0.3) is 0 Å². The van der Waals surface area contributed by atoms with E-state index in [1.807, 2.05) is 0 Å². The first kappa shape index (κ1) is 14.5. The summed E-state index contributed by atoms with van der Waals surface area (Å²) in [6.45, 7) is 1.80. The number of rotatable bonds is 3. The molecule has 1 saturated heterocycles. The molecule has 1 aromatic heterocycles. The quantitative estimate of drug-likeness (QED) is 0.767. The summed E-state index contributed by atoms with van der Waals surface area (Å²) in [4.78, 5) is 11.6. The molecule has 0 spiro atoms. The van der Waals surface area contributed by atoms with Crippen molar-refractivity contribution in [3.8, 4) is 0 Å². The number of carbonyl (C=O) groups excluding carboxylic acids is 1. The van der Waals surface area contributed by atoms with Crippen LogP contribution in [-0.4, -0.2) is 36.8 Å². The van der Waals surface area contributed by atoms with E-state index in [2.05, 4.69) is 26.6 Å². The van der Waals surface area contributed by atoms with Crippen molar-refractivity contribution in [3.63, 3.8) is 0 Å². The third-order valence-electron chi connectivity index (χ3n) is 2.66. The Bertz CT molecular complexity index is 385. The second-order valence-corrected chi connectivity index (χ2v) is 4.62. The minimum Gasteiger partial charge on any atom is -0.457 e. The lowest BCUT2D eigenvalue weighted by Crippen LogP contribution is -2.34. The standard InChI is InChI=1S/C10H13BrN2O3.ClH/c11-9-1-6(5-16-9)10(15)13-3-7-2-12-4-8(7)14;/h1,5,7-8,12,14H,2-4H2,(H,13,15);1H. The Hall–Kier alpha value is -0.560. The van der Waals surface area contributed by atoms with Crippen molar-refractivity contribution in [2.45, 2.75) is 6.10 Å². The third-order valence-corrected chi connectivity index (χ3v) is 3.07. The average Bonchev–Trinajstić information content (AvgIpc) is 2.84. The van der Waals surface area contributed by atoms with Gasteiger partial charge in [0.25, 0.3) is 5.91 Å². The van der Waals surface area contributed by atoms with E-state index in [4.69, 9.17) is 4.42 Å². The first-order valence-corrected chi connectivity index (χ1v) is 5.87. The van der Waals surface area contributed by atoms with Crippen LogP contribution in [-0.2, 0) is 0 Å². The maximum Gasteiger partial charge on any atom is 0.254 e. The third kappa shape index (κ3) is 3.70. The normalized spacial score (nSPS) is 23.2. The summed E-state index contributed by atoms with van der Waals surface area (Å²) in [6, 6.07) is 1.61. The van der Waals surface area contributed by atoms with Crippen molar-refractivity contribution in [2.24, 2.45) is 5.92 Å². The lowest BCUT2D eigenvalue weighted by molar-refractivity contribution is 0.0926. The molecule has 2 heterocycles. The molecule has 1 amide bonds. The fraction of sp³-hybridized carbons (Fsp3) is 0.500. The van der Waals surface area contributed by atoms with Gasteiger partial charge >= 0.3 is 0 Å². The van der Waals surface area contributed by atoms with Crippen LogP contribution in [0.15, 0.2) is 21.4 Å². The molecule has 0 radical (unpaired) electrons. The summed E-state index contributed by atoms with van der Waals surface area (Å²) in [6.07, 6.45) is 1.01. The monoisotopic (exact) mass is 324 g/mol. The van der Waals surface area contributed by atoms with Crippen LogP contribution in [0.1, 0.15) is 10.4 Å². The summed E-state index contributed by atoms with van der Waals surface area (Å²) in [7, 11) is 0. The number of aliphatic hydroxyl groups is 1. The largest absolute Gasteiger partial charge is 0.457 e. The molecule has 7 heteroatoms. The summed E-state index contributed by atoms with van der Waals surface area (Å²) in [5.41, 5.74) is 0.479. The van der Waals surface area contributed by atoms with Crippen molar-refractivity contribution >= 4 is 34.2 Å². The van der Waals surface area contributed by atoms with E-state index in [9.17, 15) is 9.90 Å². The number of carbonyl (C=O) groups is 1.